The molecule has 1 saturated heterocycles. The molecule has 0 spiro atoms. The largest absolute Gasteiger partial charge is 0.469 e. The summed E-state index contributed by atoms with van der Waals surface area (Å²) < 4.78 is 4.77. The summed E-state index contributed by atoms with van der Waals surface area (Å²) >= 11 is 5.88. The van der Waals surface area contributed by atoms with E-state index < -0.39 is 0 Å². The van der Waals surface area contributed by atoms with Crippen LogP contribution in [0.3, 0.4) is 0 Å². The minimum absolute atomic E-state index is 0.109. The fourth-order valence-electron chi connectivity index (χ4n) is 2.53. The van der Waals surface area contributed by atoms with Crippen molar-refractivity contribution in [1.82, 2.24) is 4.90 Å². The quantitative estimate of drug-likeness (QED) is 0.866. The number of carbonyl (C=O) groups excluding carboxylic acids is 2. The lowest BCUT2D eigenvalue weighted by Gasteiger charge is -2.30. The number of carbonyl (C=O) groups is 2. The van der Waals surface area contributed by atoms with E-state index in [2.05, 4.69) is 5.32 Å². The average molecular weight is 311 g/mol. The van der Waals surface area contributed by atoms with Crippen molar-refractivity contribution in [2.24, 2.45) is 5.92 Å². The van der Waals surface area contributed by atoms with Gasteiger partial charge in [0.25, 0.3) is 0 Å². The first-order chi connectivity index (χ1) is 10.1. The van der Waals surface area contributed by atoms with Gasteiger partial charge in [0.05, 0.1) is 19.6 Å². The van der Waals surface area contributed by atoms with Crippen LogP contribution in [0.25, 0.3) is 0 Å². The Labute approximate surface area is 129 Å². The molecule has 1 aromatic rings. The third-order valence-corrected chi connectivity index (χ3v) is 3.75. The molecule has 0 aliphatic carbocycles. The number of halogens is 1. The van der Waals surface area contributed by atoms with Crippen LogP contribution in [0.15, 0.2) is 24.3 Å². The summed E-state index contributed by atoms with van der Waals surface area (Å²) in [5.74, 6) is -0.444. The Morgan fingerprint density at radius 3 is 3.00 bits per heavy atom. The van der Waals surface area contributed by atoms with Gasteiger partial charge in [-0.15, -0.1) is 0 Å². The molecule has 1 fully saturated rings. The number of piperidine rings is 1. The first kappa shape index (κ1) is 15.8. The van der Waals surface area contributed by atoms with Crippen LogP contribution in [0.2, 0.25) is 5.02 Å². The summed E-state index contributed by atoms with van der Waals surface area (Å²) in [6, 6.07) is 7.03. The van der Waals surface area contributed by atoms with Crippen LogP contribution in [0.4, 0.5) is 5.69 Å². The van der Waals surface area contributed by atoms with Crippen LogP contribution in [-0.2, 0) is 14.3 Å². The highest BCUT2D eigenvalue weighted by molar-refractivity contribution is 6.30. The number of likely N-dealkylation sites (tertiary alicyclic amines) is 1. The molecule has 0 bridgehead atoms. The Kier molecular flexibility index (Phi) is 5.59. The number of methoxy groups -OCH3 is 1. The third kappa shape index (κ3) is 4.72. The van der Waals surface area contributed by atoms with Crippen LogP contribution in [0.1, 0.15) is 12.8 Å². The van der Waals surface area contributed by atoms with Crippen LogP contribution >= 0.6 is 11.6 Å². The highest BCUT2D eigenvalue weighted by Gasteiger charge is 2.27. The van der Waals surface area contributed by atoms with Gasteiger partial charge in [0, 0.05) is 17.3 Å². The lowest BCUT2D eigenvalue weighted by Crippen LogP contribution is -2.42. The van der Waals surface area contributed by atoms with Crippen molar-refractivity contribution < 1.29 is 14.3 Å². The van der Waals surface area contributed by atoms with E-state index in [1.807, 2.05) is 4.90 Å². The molecule has 1 heterocycles. The monoisotopic (exact) mass is 310 g/mol. The van der Waals surface area contributed by atoms with Crippen LogP contribution in [-0.4, -0.2) is 43.5 Å². The minimum atomic E-state index is -0.199. The van der Waals surface area contributed by atoms with Crippen molar-refractivity contribution in [1.29, 1.82) is 0 Å². The van der Waals surface area contributed by atoms with Crippen molar-refractivity contribution in [2.75, 3.05) is 32.1 Å². The number of nitrogens with zero attached hydrogens (tertiary/aromatic N) is 1. The van der Waals surface area contributed by atoms with Gasteiger partial charge in [-0.25, -0.2) is 0 Å². The topological polar surface area (TPSA) is 58.6 Å². The molecule has 1 aliphatic heterocycles. The average Bonchev–Trinajstić information content (AvgIpc) is 2.46. The molecular weight excluding hydrogens is 292 g/mol. The molecule has 1 N–H and O–H groups in total. The predicted molar refractivity (Wildman–Crippen MR) is 81.3 cm³/mol. The summed E-state index contributed by atoms with van der Waals surface area (Å²) in [4.78, 5) is 25.6. The molecule has 0 aromatic heterocycles. The lowest BCUT2D eigenvalue weighted by atomic mass is 9.98. The second kappa shape index (κ2) is 7.43. The number of benzene rings is 1. The molecule has 1 amide bonds. The minimum Gasteiger partial charge on any atom is -0.469 e. The second-order valence-corrected chi connectivity index (χ2v) is 5.59. The fraction of sp³-hybridized carbons (Fsp3) is 0.467. The number of anilines is 1. The van der Waals surface area contributed by atoms with Gasteiger partial charge in [0.2, 0.25) is 5.91 Å². The number of amides is 1. The van der Waals surface area contributed by atoms with E-state index in [4.69, 9.17) is 16.3 Å². The fourth-order valence-corrected chi connectivity index (χ4v) is 2.72. The molecule has 1 aliphatic rings. The Balaban J connectivity index is 1.86. The number of ether oxygens (including phenoxy) is 1. The highest BCUT2D eigenvalue weighted by atomic mass is 35.5. The summed E-state index contributed by atoms with van der Waals surface area (Å²) in [6.07, 6.45) is 1.71. The van der Waals surface area contributed by atoms with E-state index in [1.54, 1.807) is 24.3 Å². The molecule has 6 heteroatoms. The molecule has 2 rings (SSSR count). The molecule has 1 aromatic carbocycles. The molecule has 114 valence electrons. The maximum absolute atomic E-state index is 12.0. The van der Waals surface area contributed by atoms with Crippen LogP contribution in [0, 0.1) is 5.92 Å². The number of nitrogens with one attached hydrogen (secondary N) is 1. The Bertz CT molecular complexity index is 521. The van der Waals surface area contributed by atoms with E-state index in [-0.39, 0.29) is 24.3 Å². The lowest BCUT2D eigenvalue weighted by molar-refractivity contribution is -0.147. The zero-order chi connectivity index (χ0) is 15.2. The van der Waals surface area contributed by atoms with Gasteiger partial charge in [-0.1, -0.05) is 17.7 Å². The van der Waals surface area contributed by atoms with Crippen LogP contribution in [0.5, 0.6) is 0 Å². The van der Waals surface area contributed by atoms with Crippen molar-refractivity contribution in [3.8, 4) is 0 Å². The Morgan fingerprint density at radius 1 is 1.48 bits per heavy atom. The zero-order valence-electron chi connectivity index (χ0n) is 12.0. The highest BCUT2D eigenvalue weighted by Crippen LogP contribution is 2.18. The first-order valence-electron chi connectivity index (χ1n) is 6.94. The number of esters is 1. The molecule has 1 atom stereocenters. The third-order valence-electron chi connectivity index (χ3n) is 3.52. The summed E-state index contributed by atoms with van der Waals surface area (Å²) in [6.45, 7) is 1.64. The van der Waals surface area contributed by atoms with Gasteiger partial charge in [-0.05, 0) is 37.6 Å². The summed E-state index contributed by atoms with van der Waals surface area (Å²) in [5.41, 5.74) is 0.675. The number of hydrogen-bond donors (Lipinski definition) is 1. The molecule has 0 unspecified atom stereocenters. The van der Waals surface area contributed by atoms with E-state index in [1.165, 1.54) is 7.11 Å². The summed E-state index contributed by atoms with van der Waals surface area (Å²) in [5, 5.41) is 3.39. The zero-order valence-corrected chi connectivity index (χ0v) is 12.7. The molecular formula is C15H19ClN2O3. The molecule has 21 heavy (non-hydrogen) atoms. The van der Waals surface area contributed by atoms with Crippen LogP contribution < -0.4 is 5.32 Å². The Hall–Kier alpha value is -1.59. The normalized spacial score (nSPS) is 19.0. The van der Waals surface area contributed by atoms with E-state index in [9.17, 15) is 9.59 Å². The van der Waals surface area contributed by atoms with Crippen molar-refractivity contribution in [2.45, 2.75) is 12.8 Å². The maximum atomic E-state index is 12.0. The SMILES string of the molecule is COC(=O)[C@H]1CCCN(CC(=O)Nc2cccc(Cl)c2)C1. The maximum Gasteiger partial charge on any atom is 0.309 e. The van der Waals surface area contributed by atoms with Gasteiger partial charge in [0.1, 0.15) is 0 Å². The summed E-state index contributed by atoms with van der Waals surface area (Å²) in [7, 11) is 1.40. The van der Waals surface area contributed by atoms with Gasteiger partial charge >= 0.3 is 5.97 Å². The van der Waals surface area contributed by atoms with E-state index in [0.717, 1.165) is 19.4 Å². The van der Waals surface area contributed by atoms with E-state index >= 15 is 0 Å². The molecule has 5 nitrogen and oxygen atoms in total. The van der Waals surface area contributed by atoms with Crippen molar-refractivity contribution in [3.05, 3.63) is 29.3 Å². The second-order valence-electron chi connectivity index (χ2n) is 5.16. The van der Waals surface area contributed by atoms with Crippen molar-refractivity contribution in [3.63, 3.8) is 0 Å². The smallest absolute Gasteiger partial charge is 0.309 e. The first-order valence-corrected chi connectivity index (χ1v) is 7.32. The molecule has 0 radical (unpaired) electrons. The van der Waals surface area contributed by atoms with E-state index in [0.29, 0.717) is 17.3 Å². The number of hydrogen-bond acceptors (Lipinski definition) is 4. The van der Waals surface area contributed by atoms with Gasteiger partial charge < -0.3 is 10.1 Å². The van der Waals surface area contributed by atoms with Gasteiger partial charge in [-0.3, -0.25) is 14.5 Å². The number of rotatable bonds is 4. The van der Waals surface area contributed by atoms with Crippen molar-refractivity contribution >= 4 is 29.2 Å². The standard InChI is InChI=1S/C15H19ClN2O3/c1-21-15(20)11-4-3-7-18(9-11)10-14(19)17-13-6-2-5-12(16)8-13/h2,5-6,8,11H,3-4,7,9-10H2,1H3,(H,17,19)/t11-/m0/s1. The van der Waals surface area contributed by atoms with Gasteiger partial charge in [0.15, 0.2) is 0 Å². The van der Waals surface area contributed by atoms with Gasteiger partial charge in [-0.2, -0.15) is 0 Å². The Morgan fingerprint density at radius 2 is 2.29 bits per heavy atom. The molecule has 0 saturated carbocycles. The predicted octanol–water partition coefficient (Wildman–Crippen LogP) is 2.16.